The van der Waals surface area contributed by atoms with Crippen molar-refractivity contribution in [2.75, 3.05) is 13.7 Å². The van der Waals surface area contributed by atoms with Crippen LogP contribution in [0.2, 0.25) is 26.0 Å². The quantitative estimate of drug-likeness (QED) is 0.365. The molecule has 0 aromatic rings. The fraction of sp³-hybridized carbons (Fsp3) is 1.00. The molecule has 0 aliphatic rings. The zero-order chi connectivity index (χ0) is 9.61. The van der Waals surface area contributed by atoms with E-state index in [4.69, 9.17) is 9.31 Å². The van der Waals surface area contributed by atoms with Crippen molar-refractivity contribution < 1.29 is 13.4 Å². The first-order valence-electron chi connectivity index (χ1n) is 4.29. The minimum Gasteiger partial charge on any atom is -0.414 e. The molecule has 12 heavy (non-hydrogen) atoms. The van der Waals surface area contributed by atoms with E-state index in [-0.39, 0.29) is 7.12 Å². The molecule has 2 nitrogen and oxygen atoms in total. The molecule has 0 aromatic carbocycles. The Kier molecular flexibility index (Phi) is 5.78. The average Bonchev–Trinajstić information content (AvgIpc) is 1.96. The van der Waals surface area contributed by atoms with Gasteiger partial charge in [0.2, 0.25) is 8.41 Å². The first-order valence-corrected chi connectivity index (χ1v) is 7.37. The SMILES string of the molecule is COB(C)OCCC[Si](C)(C)F. The van der Waals surface area contributed by atoms with E-state index in [9.17, 15) is 4.11 Å². The Hall–Kier alpha value is 0.132. The molecule has 5 heteroatoms. The molecule has 0 rings (SSSR count). The van der Waals surface area contributed by atoms with E-state index in [1.807, 2.05) is 6.82 Å². The number of hydrogen-bond donors (Lipinski definition) is 0. The maximum atomic E-state index is 13.0. The van der Waals surface area contributed by atoms with E-state index < -0.39 is 8.41 Å². The van der Waals surface area contributed by atoms with Gasteiger partial charge in [0, 0.05) is 13.7 Å². The normalized spacial score (nSPS) is 11.8. The lowest BCUT2D eigenvalue weighted by molar-refractivity contribution is 0.234. The molecular weight excluding hydrogens is 174 g/mol. The van der Waals surface area contributed by atoms with Gasteiger partial charge in [-0.05, 0) is 32.4 Å². The van der Waals surface area contributed by atoms with Gasteiger partial charge in [0.1, 0.15) is 0 Å². The highest BCUT2D eigenvalue weighted by molar-refractivity contribution is 6.70. The lowest BCUT2D eigenvalue weighted by Crippen LogP contribution is -2.21. The van der Waals surface area contributed by atoms with Crippen molar-refractivity contribution in [3.05, 3.63) is 0 Å². The van der Waals surface area contributed by atoms with Crippen molar-refractivity contribution in [2.24, 2.45) is 0 Å². The van der Waals surface area contributed by atoms with Crippen LogP contribution in [-0.4, -0.2) is 29.2 Å². The fourth-order valence-electron chi connectivity index (χ4n) is 0.810. The molecule has 0 radical (unpaired) electrons. The third-order valence-electron chi connectivity index (χ3n) is 1.60. The predicted octanol–water partition coefficient (Wildman–Crippen LogP) is 2.33. The lowest BCUT2D eigenvalue weighted by atomic mass is 9.96. The van der Waals surface area contributed by atoms with Gasteiger partial charge in [0.15, 0.2) is 0 Å². The van der Waals surface area contributed by atoms with Gasteiger partial charge in [-0.2, -0.15) is 0 Å². The Bertz CT molecular complexity index is 118. The molecule has 0 saturated heterocycles. The Morgan fingerprint density at radius 3 is 2.42 bits per heavy atom. The van der Waals surface area contributed by atoms with Crippen molar-refractivity contribution in [3.63, 3.8) is 0 Å². The van der Waals surface area contributed by atoms with Crippen LogP contribution in [0.5, 0.6) is 0 Å². The molecule has 0 aliphatic carbocycles. The van der Waals surface area contributed by atoms with Gasteiger partial charge in [-0.3, -0.25) is 0 Å². The summed E-state index contributed by atoms with van der Waals surface area (Å²) in [5.74, 6) is 0. The molecule has 0 amide bonds. The van der Waals surface area contributed by atoms with Crippen LogP contribution in [0.15, 0.2) is 0 Å². The highest BCUT2D eigenvalue weighted by atomic mass is 28.4. The molecule has 0 unspecified atom stereocenters. The summed E-state index contributed by atoms with van der Waals surface area (Å²) >= 11 is 0. The zero-order valence-corrected chi connectivity index (χ0v) is 9.39. The van der Waals surface area contributed by atoms with E-state index in [2.05, 4.69) is 0 Å². The summed E-state index contributed by atoms with van der Waals surface area (Å²) in [7, 11) is -0.936. The van der Waals surface area contributed by atoms with Crippen LogP contribution in [0.25, 0.3) is 0 Å². The van der Waals surface area contributed by atoms with Gasteiger partial charge in [-0.25, -0.2) is 0 Å². The van der Waals surface area contributed by atoms with Crippen molar-refractivity contribution >= 4 is 15.5 Å². The van der Waals surface area contributed by atoms with Crippen molar-refractivity contribution in [3.8, 4) is 0 Å². The highest BCUT2D eigenvalue weighted by Crippen LogP contribution is 2.12. The fourth-order valence-corrected chi connectivity index (χ4v) is 1.79. The second-order valence-electron chi connectivity index (χ2n) is 3.50. The van der Waals surface area contributed by atoms with Crippen LogP contribution in [0, 0.1) is 0 Å². The van der Waals surface area contributed by atoms with Gasteiger partial charge in [0.25, 0.3) is 0 Å². The molecule has 0 aromatic heterocycles. The summed E-state index contributed by atoms with van der Waals surface area (Å²) in [6, 6.07) is 0.670. The van der Waals surface area contributed by atoms with Crippen molar-refractivity contribution in [1.82, 2.24) is 0 Å². The first-order chi connectivity index (χ1) is 5.45. The van der Waals surface area contributed by atoms with Crippen LogP contribution >= 0.6 is 0 Å². The summed E-state index contributed by atoms with van der Waals surface area (Å²) < 4.78 is 23.1. The first kappa shape index (κ1) is 12.1. The maximum absolute atomic E-state index is 13.0. The minimum atomic E-state index is -2.36. The third kappa shape index (κ3) is 8.23. The lowest BCUT2D eigenvalue weighted by Gasteiger charge is -2.11. The van der Waals surface area contributed by atoms with E-state index >= 15 is 0 Å². The monoisotopic (exact) mass is 192 g/mol. The summed E-state index contributed by atoms with van der Waals surface area (Å²) in [6.07, 6.45) is 0.795. The van der Waals surface area contributed by atoms with E-state index in [1.54, 1.807) is 20.2 Å². The molecule has 0 atom stereocenters. The standard InChI is InChI=1S/C7H18BFO2Si/c1-8(10-2)11-6-5-7-12(3,4)9/h5-7H2,1-4H3. The molecule has 0 bridgehead atoms. The van der Waals surface area contributed by atoms with Gasteiger partial charge < -0.3 is 13.4 Å². The van der Waals surface area contributed by atoms with Crippen LogP contribution in [0.1, 0.15) is 6.42 Å². The Balaban J connectivity index is 3.22. The maximum Gasteiger partial charge on any atom is 0.453 e. The van der Waals surface area contributed by atoms with Crippen LogP contribution in [0.3, 0.4) is 0 Å². The van der Waals surface area contributed by atoms with Crippen LogP contribution in [0.4, 0.5) is 4.11 Å². The molecule has 72 valence electrons. The second kappa shape index (κ2) is 5.72. The van der Waals surface area contributed by atoms with Crippen LogP contribution < -0.4 is 0 Å². The van der Waals surface area contributed by atoms with Gasteiger partial charge in [-0.15, -0.1) is 0 Å². The molecule has 0 N–H and O–H groups in total. The Labute approximate surface area is 75.8 Å². The van der Waals surface area contributed by atoms with Crippen LogP contribution in [-0.2, 0) is 9.31 Å². The summed E-state index contributed by atoms with van der Waals surface area (Å²) in [5.41, 5.74) is 0. The number of hydrogen-bond acceptors (Lipinski definition) is 2. The van der Waals surface area contributed by atoms with E-state index in [1.165, 1.54) is 0 Å². The topological polar surface area (TPSA) is 18.5 Å². The van der Waals surface area contributed by atoms with Gasteiger partial charge in [0.05, 0.1) is 0 Å². The largest absolute Gasteiger partial charge is 0.453 e. The summed E-state index contributed by atoms with van der Waals surface area (Å²) in [5, 5.41) is 0. The van der Waals surface area contributed by atoms with E-state index in [0.29, 0.717) is 12.7 Å². The molecule has 0 fully saturated rings. The zero-order valence-electron chi connectivity index (χ0n) is 8.39. The van der Waals surface area contributed by atoms with E-state index in [0.717, 1.165) is 6.42 Å². The molecule has 0 saturated carbocycles. The number of halogens is 1. The molecular formula is C7H18BFO2Si. The predicted molar refractivity (Wildman–Crippen MR) is 52.6 cm³/mol. The minimum absolute atomic E-state index is 0.172. The molecule has 0 heterocycles. The van der Waals surface area contributed by atoms with Gasteiger partial charge >= 0.3 is 7.12 Å². The number of rotatable bonds is 6. The third-order valence-corrected chi connectivity index (χ3v) is 3.14. The van der Waals surface area contributed by atoms with Crippen molar-refractivity contribution in [2.45, 2.75) is 32.4 Å². The second-order valence-corrected chi connectivity index (χ2v) is 7.43. The smallest absolute Gasteiger partial charge is 0.414 e. The molecule has 0 spiro atoms. The Morgan fingerprint density at radius 2 is 2.00 bits per heavy atom. The summed E-state index contributed by atoms with van der Waals surface area (Å²) in [4.78, 5) is 0. The van der Waals surface area contributed by atoms with Gasteiger partial charge in [-0.1, -0.05) is 0 Å². The average molecular weight is 192 g/mol. The highest BCUT2D eigenvalue weighted by Gasteiger charge is 2.19. The molecule has 0 aliphatic heterocycles. The summed E-state index contributed by atoms with van der Waals surface area (Å²) in [6.45, 7) is 5.85. The van der Waals surface area contributed by atoms with Crippen molar-refractivity contribution in [1.29, 1.82) is 0 Å². The Morgan fingerprint density at radius 1 is 1.42 bits per heavy atom.